The van der Waals surface area contributed by atoms with Crippen LogP contribution in [0.15, 0.2) is 107 Å². The molecule has 10 nitrogen and oxygen atoms in total. The summed E-state index contributed by atoms with van der Waals surface area (Å²) in [5, 5.41) is 17.5. The van der Waals surface area contributed by atoms with Gasteiger partial charge in [-0.15, -0.1) is 0 Å². The van der Waals surface area contributed by atoms with Gasteiger partial charge >= 0.3 is 5.97 Å². The molecule has 0 heterocycles. The normalized spacial score (nSPS) is 10.6. The number of nitrogens with zero attached hydrogens (tertiary/aromatic N) is 2. The van der Waals surface area contributed by atoms with Crippen molar-refractivity contribution >= 4 is 51.3 Å². The van der Waals surface area contributed by atoms with Crippen LogP contribution in [0.1, 0.15) is 36.6 Å². The largest absolute Gasteiger partial charge is 0.422 e. The second kappa shape index (κ2) is 12.4. The maximum atomic E-state index is 12.8. The number of nitro benzene ring substituents is 1. The Morgan fingerprint density at radius 3 is 2.18 bits per heavy atom. The number of carbonyl (C=O) groups excluding carboxylic acids is 3. The minimum Gasteiger partial charge on any atom is -0.422 e. The van der Waals surface area contributed by atoms with E-state index in [2.05, 4.69) is 31.8 Å². The third kappa shape index (κ3) is 6.99. The number of nitro groups is 1. The maximum Gasteiger partial charge on any atom is 0.343 e. The number of hydrogen-bond acceptors (Lipinski definition) is 7. The van der Waals surface area contributed by atoms with Crippen LogP contribution in [0.2, 0.25) is 0 Å². The van der Waals surface area contributed by atoms with E-state index in [4.69, 9.17) is 4.74 Å². The lowest BCUT2D eigenvalue weighted by atomic mass is 10.1. The molecule has 2 amide bonds. The number of nitrogens with one attached hydrogen (secondary N) is 2. The lowest BCUT2D eigenvalue weighted by Gasteiger charge is -2.10. The number of non-ortho nitro benzene ring substituents is 1. The molecule has 0 aliphatic carbocycles. The molecule has 194 valence electrons. The maximum absolute atomic E-state index is 12.8. The number of halogens is 1. The van der Waals surface area contributed by atoms with E-state index < -0.39 is 16.8 Å². The van der Waals surface area contributed by atoms with Crippen molar-refractivity contribution in [3.8, 4) is 5.75 Å². The second-order valence-corrected chi connectivity index (χ2v) is 8.85. The Morgan fingerprint density at radius 1 is 0.821 bits per heavy atom. The Bertz CT molecular complexity index is 1570. The highest BCUT2D eigenvalue weighted by Crippen LogP contribution is 2.20. The molecule has 0 saturated carbocycles. The lowest BCUT2D eigenvalue weighted by molar-refractivity contribution is -0.384. The van der Waals surface area contributed by atoms with Crippen LogP contribution in [0.5, 0.6) is 5.75 Å². The predicted molar refractivity (Wildman–Crippen MR) is 148 cm³/mol. The number of rotatable bonds is 8. The minimum absolute atomic E-state index is 0.127. The molecule has 0 radical (unpaired) electrons. The van der Waals surface area contributed by atoms with E-state index in [0.717, 1.165) is 4.47 Å². The van der Waals surface area contributed by atoms with Gasteiger partial charge in [0.25, 0.3) is 17.5 Å². The third-order valence-electron chi connectivity index (χ3n) is 5.33. The topological polar surface area (TPSA) is 140 Å². The van der Waals surface area contributed by atoms with E-state index in [1.54, 1.807) is 72.8 Å². The van der Waals surface area contributed by atoms with Gasteiger partial charge in [0.05, 0.1) is 28.0 Å². The Balaban J connectivity index is 1.43. The van der Waals surface area contributed by atoms with Gasteiger partial charge < -0.3 is 10.1 Å². The molecule has 0 spiro atoms. The van der Waals surface area contributed by atoms with Crippen molar-refractivity contribution in [2.75, 3.05) is 5.32 Å². The molecule has 2 N–H and O–H groups in total. The molecule has 0 unspecified atom stereocenters. The van der Waals surface area contributed by atoms with Gasteiger partial charge in [-0.3, -0.25) is 19.7 Å². The number of para-hydroxylation sites is 2. The van der Waals surface area contributed by atoms with Crippen LogP contribution in [0.4, 0.5) is 11.4 Å². The van der Waals surface area contributed by atoms with Gasteiger partial charge in [0.15, 0.2) is 0 Å². The standard InChI is InChI=1S/C28H19BrN4O6/c29-21-13-9-18(10-14-21)26(34)31-24-7-3-2-6-23(24)27(35)32-30-17-20-5-1-4-8-25(20)39-28(36)19-11-15-22(16-12-19)33(37)38/h1-17H,(H,31,34)(H,32,35)/b30-17-. The summed E-state index contributed by atoms with van der Waals surface area (Å²) in [5.41, 5.74) is 3.69. The number of ether oxygens (including phenoxy) is 1. The fraction of sp³-hybridized carbons (Fsp3) is 0. The predicted octanol–water partition coefficient (Wildman–Crippen LogP) is 5.59. The van der Waals surface area contributed by atoms with Crippen LogP contribution in [0.3, 0.4) is 0 Å². The van der Waals surface area contributed by atoms with E-state index in [1.165, 1.54) is 30.5 Å². The zero-order valence-electron chi connectivity index (χ0n) is 20.0. The number of anilines is 1. The molecule has 0 atom stereocenters. The molecule has 4 aromatic rings. The SMILES string of the molecule is O=C(Nc1ccccc1C(=O)N/N=C\c1ccccc1OC(=O)c1ccc([N+](=O)[O-])cc1)c1ccc(Br)cc1. The number of amides is 2. The van der Waals surface area contributed by atoms with Crippen molar-refractivity contribution in [3.63, 3.8) is 0 Å². The molecule has 0 aliphatic heterocycles. The van der Waals surface area contributed by atoms with E-state index >= 15 is 0 Å². The first-order chi connectivity index (χ1) is 18.8. The number of benzene rings is 4. The number of hydrogen-bond donors (Lipinski definition) is 2. The second-order valence-electron chi connectivity index (χ2n) is 7.94. The smallest absolute Gasteiger partial charge is 0.343 e. The summed E-state index contributed by atoms with van der Waals surface area (Å²) in [6, 6.07) is 24.8. The van der Waals surface area contributed by atoms with Gasteiger partial charge in [0.2, 0.25) is 0 Å². The molecule has 0 saturated heterocycles. The number of esters is 1. The molecule has 39 heavy (non-hydrogen) atoms. The van der Waals surface area contributed by atoms with Crippen LogP contribution in [0, 0.1) is 10.1 Å². The first-order valence-corrected chi connectivity index (χ1v) is 12.2. The van der Waals surface area contributed by atoms with E-state index in [-0.39, 0.29) is 28.5 Å². The Morgan fingerprint density at radius 2 is 1.46 bits per heavy atom. The van der Waals surface area contributed by atoms with Crippen LogP contribution in [0.25, 0.3) is 0 Å². The molecule has 4 rings (SSSR count). The average molecular weight is 587 g/mol. The minimum atomic E-state index is -0.717. The quantitative estimate of drug-likeness (QED) is 0.0906. The summed E-state index contributed by atoms with van der Waals surface area (Å²) in [4.78, 5) is 48.2. The Kier molecular flexibility index (Phi) is 8.54. The Labute approximate surface area is 230 Å². The molecule has 0 fully saturated rings. The molecule has 4 aromatic carbocycles. The zero-order chi connectivity index (χ0) is 27.8. The molecule has 0 aromatic heterocycles. The highest BCUT2D eigenvalue weighted by Gasteiger charge is 2.15. The molecular formula is C28H19BrN4O6. The summed E-state index contributed by atoms with van der Waals surface area (Å²) in [7, 11) is 0. The van der Waals surface area contributed by atoms with Crippen molar-refractivity contribution in [1.82, 2.24) is 5.43 Å². The molecular weight excluding hydrogens is 568 g/mol. The zero-order valence-corrected chi connectivity index (χ0v) is 21.6. The van der Waals surface area contributed by atoms with Crippen molar-refractivity contribution in [1.29, 1.82) is 0 Å². The first kappa shape index (κ1) is 26.9. The van der Waals surface area contributed by atoms with Crippen LogP contribution in [-0.2, 0) is 0 Å². The molecule has 0 aliphatic rings. The summed E-state index contributed by atoms with van der Waals surface area (Å²) < 4.78 is 6.26. The van der Waals surface area contributed by atoms with E-state index in [0.29, 0.717) is 16.8 Å². The number of carbonyl (C=O) groups is 3. The van der Waals surface area contributed by atoms with Gasteiger partial charge in [0, 0.05) is 27.7 Å². The van der Waals surface area contributed by atoms with Crippen molar-refractivity contribution in [3.05, 3.63) is 134 Å². The average Bonchev–Trinajstić information content (AvgIpc) is 2.94. The lowest BCUT2D eigenvalue weighted by Crippen LogP contribution is -2.21. The fourth-order valence-corrected chi connectivity index (χ4v) is 3.63. The van der Waals surface area contributed by atoms with Crippen LogP contribution in [-0.4, -0.2) is 28.9 Å². The molecule has 0 bridgehead atoms. The summed E-state index contributed by atoms with van der Waals surface area (Å²) in [6.07, 6.45) is 1.30. The Hall–Kier alpha value is -5.16. The van der Waals surface area contributed by atoms with Gasteiger partial charge in [0.1, 0.15) is 5.75 Å². The highest BCUT2D eigenvalue weighted by molar-refractivity contribution is 9.10. The molecule has 11 heteroatoms. The third-order valence-corrected chi connectivity index (χ3v) is 5.86. The van der Waals surface area contributed by atoms with Gasteiger partial charge in [-0.05, 0) is 60.7 Å². The summed E-state index contributed by atoms with van der Waals surface area (Å²) in [5.74, 6) is -1.50. The van der Waals surface area contributed by atoms with E-state index in [9.17, 15) is 24.5 Å². The van der Waals surface area contributed by atoms with Crippen molar-refractivity contribution in [2.24, 2.45) is 5.10 Å². The fourth-order valence-electron chi connectivity index (χ4n) is 3.36. The van der Waals surface area contributed by atoms with Gasteiger partial charge in [-0.25, -0.2) is 10.2 Å². The van der Waals surface area contributed by atoms with Gasteiger partial charge in [-0.2, -0.15) is 5.10 Å². The van der Waals surface area contributed by atoms with Crippen LogP contribution >= 0.6 is 15.9 Å². The summed E-state index contributed by atoms with van der Waals surface area (Å²) >= 11 is 3.32. The monoisotopic (exact) mass is 586 g/mol. The highest BCUT2D eigenvalue weighted by atomic mass is 79.9. The number of hydrazone groups is 1. The van der Waals surface area contributed by atoms with Crippen LogP contribution < -0.4 is 15.5 Å². The van der Waals surface area contributed by atoms with Crippen molar-refractivity contribution in [2.45, 2.75) is 0 Å². The van der Waals surface area contributed by atoms with E-state index in [1.807, 2.05) is 0 Å². The van der Waals surface area contributed by atoms with Gasteiger partial charge in [-0.1, -0.05) is 40.2 Å². The van der Waals surface area contributed by atoms with Crippen molar-refractivity contribution < 1.29 is 24.0 Å². The first-order valence-electron chi connectivity index (χ1n) is 11.4. The summed E-state index contributed by atoms with van der Waals surface area (Å²) in [6.45, 7) is 0.